The van der Waals surface area contributed by atoms with Gasteiger partial charge in [0.2, 0.25) is 0 Å². The van der Waals surface area contributed by atoms with Crippen LogP contribution in [-0.2, 0) is 9.53 Å². The molecule has 2 aromatic rings. The first kappa shape index (κ1) is 17.6. The molecule has 1 aliphatic heterocycles. The fourth-order valence-corrected chi connectivity index (χ4v) is 3.44. The lowest BCUT2D eigenvalue weighted by Gasteiger charge is -2.27. The van der Waals surface area contributed by atoms with Gasteiger partial charge in [-0.05, 0) is 18.6 Å². The molecular weight excluding hydrogens is 365 g/mol. The Morgan fingerprint density at radius 2 is 2.28 bits per heavy atom. The molecule has 0 aliphatic carbocycles. The van der Waals surface area contributed by atoms with Crippen LogP contribution in [0.4, 0.5) is 4.39 Å². The molecule has 1 N–H and O–H groups in total. The first-order valence-corrected chi connectivity index (χ1v) is 8.86. The van der Waals surface area contributed by atoms with Gasteiger partial charge in [-0.2, -0.15) is 0 Å². The summed E-state index contributed by atoms with van der Waals surface area (Å²) in [5.41, 5.74) is 3.93. The third-order valence-corrected chi connectivity index (χ3v) is 4.73. The van der Waals surface area contributed by atoms with Crippen molar-refractivity contribution >= 4 is 34.7 Å². The van der Waals surface area contributed by atoms with Crippen LogP contribution in [0, 0.1) is 5.82 Å². The second-order valence-electron chi connectivity index (χ2n) is 5.28. The number of benzene rings is 1. The molecule has 1 aromatic heterocycles. The lowest BCUT2D eigenvalue weighted by Crippen LogP contribution is -2.33. The van der Waals surface area contributed by atoms with E-state index in [-0.39, 0.29) is 5.02 Å². The molecule has 0 saturated heterocycles. The first-order valence-electron chi connectivity index (χ1n) is 7.54. The minimum atomic E-state index is -0.701. The summed E-state index contributed by atoms with van der Waals surface area (Å²) in [6, 6.07) is 3.33. The number of ether oxygens (including phenoxy) is 1. The molecule has 0 bridgehead atoms. The lowest BCUT2D eigenvalue weighted by molar-refractivity contribution is -0.136. The summed E-state index contributed by atoms with van der Waals surface area (Å²) in [5, 5.41) is 5.21. The topological polar surface area (TPSA) is 63.6 Å². The summed E-state index contributed by atoms with van der Waals surface area (Å²) in [7, 11) is 1.31. The second kappa shape index (κ2) is 7.33. The van der Waals surface area contributed by atoms with Crippen LogP contribution in [-0.4, -0.2) is 23.9 Å². The van der Waals surface area contributed by atoms with Crippen molar-refractivity contribution < 1.29 is 13.9 Å². The van der Waals surface area contributed by atoms with E-state index in [1.54, 1.807) is 5.51 Å². The number of amidine groups is 1. The first-order chi connectivity index (χ1) is 12.0. The van der Waals surface area contributed by atoms with Crippen molar-refractivity contribution in [3.63, 3.8) is 0 Å². The summed E-state index contributed by atoms with van der Waals surface area (Å²) in [5.74, 6) is -0.419. The Balaban J connectivity index is 2.17. The Labute approximate surface area is 153 Å². The minimum absolute atomic E-state index is 0.199. The Morgan fingerprint density at radius 3 is 2.88 bits per heavy atom. The van der Waals surface area contributed by atoms with Crippen LogP contribution < -0.4 is 5.32 Å². The van der Waals surface area contributed by atoms with Crippen molar-refractivity contribution in [3.8, 4) is 0 Å². The van der Waals surface area contributed by atoms with E-state index >= 15 is 0 Å². The number of aromatic nitrogens is 1. The lowest BCUT2D eigenvalue weighted by atomic mass is 9.94. The predicted octanol–water partition coefficient (Wildman–Crippen LogP) is 3.86. The van der Waals surface area contributed by atoms with Crippen molar-refractivity contribution in [1.29, 1.82) is 0 Å². The standard InChI is InChI=1S/C17H15ClFN3O2S/c1-3-12-14(17(23)24-2)15(10-5-4-9(19)6-11(10)18)22-16(21-12)13-7-25-8-20-13/h4-8,15H,3H2,1-2H3,(H,21,22). The molecule has 0 amide bonds. The fraction of sp³-hybridized carbons (Fsp3) is 0.235. The smallest absolute Gasteiger partial charge is 0.338 e. The van der Waals surface area contributed by atoms with Crippen LogP contribution in [0.2, 0.25) is 5.02 Å². The number of halogens is 2. The van der Waals surface area contributed by atoms with Crippen molar-refractivity contribution in [2.45, 2.75) is 19.4 Å². The molecule has 1 aliphatic rings. The number of methoxy groups -OCH3 is 1. The maximum atomic E-state index is 13.4. The summed E-state index contributed by atoms with van der Waals surface area (Å²) in [4.78, 5) is 21.2. The highest BCUT2D eigenvalue weighted by Crippen LogP contribution is 2.36. The van der Waals surface area contributed by atoms with E-state index < -0.39 is 17.8 Å². The van der Waals surface area contributed by atoms with E-state index in [0.29, 0.717) is 34.8 Å². The van der Waals surface area contributed by atoms with Gasteiger partial charge in [-0.1, -0.05) is 24.6 Å². The molecule has 0 saturated carbocycles. The maximum Gasteiger partial charge on any atom is 0.338 e. The number of aliphatic imine (C=N–C) groups is 1. The van der Waals surface area contributed by atoms with Crippen molar-refractivity contribution in [2.75, 3.05) is 7.11 Å². The van der Waals surface area contributed by atoms with Crippen molar-refractivity contribution in [2.24, 2.45) is 4.99 Å². The molecule has 0 spiro atoms. The molecule has 5 nitrogen and oxygen atoms in total. The largest absolute Gasteiger partial charge is 0.466 e. The van der Waals surface area contributed by atoms with E-state index in [1.807, 2.05) is 12.3 Å². The summed E-state index contributed by atoms with van der Waals surface area (Å²) in [6.45, 7) is 1.92. The van der Waals surface area contributed by atoms with Crippen LogP contribution in [0.15, 0.2) is 45.4 Å². The van der Waals surface area contributed by atoms with Gasteiger partial charge < -0.3 is 10.1 Å². The predicted molar refractivity (Wildman–Crippen MR) is 95.3 cm³/mol. The number of carbonyl (C=O) groups excluding carboxylic acids is 1. The van der Waals surface area contributed by atoms with Crippen LogP contribution in [0.1, 0.15) is 30.6 Å². The van der Waals surface area contributed by atoms with Gasteiger partial charge in [0.05, 0.1) is 18.2 Å². The molecule has 0 fully saturated rings. The third kappa shape index (κ3) is 3.43. The van der Waals surface area contributed by atoms with Crippen LogP contribution in [0.25, 0.3) is 0 Å². The maximum absolute atomic E-state index is 13.4. The van der Waals surface area contributed by atoms with Gasteiger partial charge in [-0.3, -0.25) is 4.99 Å². The summed E-state index contributed by atoms with van der Waals surface area (Å²) < 4.78 is 18.4. The SMILES string of the molecule is CCC1=C(C(=O)OC)C(c2ccc(F)cc2Cl)N=C(c2cscn2)N1. The molecule has 8 heteroatoms. The molecule has 0 radical (unpaired) electrons. The quantitative estimate of drug-likeness (QED) is 0.819. The number of hydrogen-bond acceptors (Lipinski definition) is 6. The molecule has 1 atom stereocenters. The molecule has 2 heterocycles. The molecule has 3 rings (SSSR count). The summed E-state index contributed by atoms with van der Waals surface area (Å²) in [6.07, 6.45) is 0.558. The van der Waals surface area contributed by atoms with Crippen molar-refractivity contribution in [3.05, 3.63) is 62.5 Å². The molecule has 25 heavy (non-hydrogen) atoms. The van der Waals surface area contributed by atoms with E-state index in [1.165, 1.54) is 36.6 Å². The van der Waals surface area contributed by atoms with Gasteiger partial charge in [0.25, 0.3) is 0 Å². The van der Waals surface area contributed by atoms with Gasteiger partial charge in [0, 0.05) is 21.7 Å². The zero-order valence-corrected chi connectivity index (χ0v) is 15.1. The number of allylic oxidation sites excluding steroid dienone is 1. The summed E-state index contributed by atoms with van der Waals surface area (Å²) >= 11 is 7.66. The van der Waals surface area contributed by atoms with E-state index in [9.17, 15) is 9.18 Å². The Morgan fingerprint density at radius 1 is 1.48 bits per heavy atom. The number of thiazole rings is 1. The Bertz CT molecular complexity index is 865. The zero-order valence-electron chi connectivity index (χ0n) is 13.5. The highest BCUT2D eigenvalue weighted by atomic mass is 35.5. The number of hydrogen-bond donors (Lipinski definition) is 1. The second-order valence-corrected chi connectivity index (χ2v) is 6.41. The third-order valence-electron chi connectivity index (χ3n) is 3.82. The Kier molecular flexibility index (Phi) is 5.15. The minimum Gasteiger partial charge on any atom is -0.466 e. The van der Waals surface area contributed by atoms with Crippen LogP contribution in [0.5, 0.6) is 0 Å². The van der Waals surface area contributed by atoms with Gasteiger partial charge >= 0.3 is 5.97 Å². The fourth-order valence-electron chi connectivity index (χ4n) is 2.63. The van der Waals surface area contributed by atoms with Crippen LogP contribution >= 0.6 is 22.9 Å². The highest BCUT2D eigenvalue weighted by molar-refractivity contribution is 7.07. The van der Waals surface area contributed by atoms with Gasteiger partial charge in [0.15, 0.2) is 5.84 Å². The number of rotatable bonds is 4. The number of nitrogens with zero attached hydrogens (tertiary/aromatic N) is 2. The normalized spacial score (nSPS) is 17.1. The molecule has 130 valence electrons. The zero-order chi connectivity index (χ0) is 18.0. The van der Waals surface area contributed by atoms with E-state index in [2.05, 4.69) is 15.3 Å². The monoisotopic (exact) mass is 379 g/mol. The Hall–Kier alpha value is -2.25. The highest BCUT2D eigenvalue weighted by Gasteiger charge is 2.32. The number of nitrogens with one attached hydrogen (secondary N) is 1. The van der Waals surface area contributed by atoms with Gasteiger partial charge in [-0.25, -0.2) is 14.2 Å². The van der Waals surface area contributed by atoms with E-state index in [4.69, 9.17) is 16.3 Å². The van der Waals surface area contributed by atoms with Crippen LogP contribution in [0.3, 0.4) is 0 Å². The van der Waals surface area contributed by atoms with Gasteiger partial charge in [0.1, 0.15) is 17.6 Å². The average Bonchev–Trinajstić information content (AvgIpc) is 3.14. The number of esters is 1. The van der Waals surface area contributed by atoms with Gasteiger partial charge in [-0.15, -0.1) is 11.3 Å². The van der Waals surface area contributed by atoms with Crippen molar-refractivity contribution in [1.82, 2.24) is 10.3 Å². The number of carbonyl (C=O) groups is 1. The molecule has 1 aromatic carbocycles. The average molecular weight is 380 g/mol. The molecule has 1 unspecified atom stereocenters. The molecular formula is C17H15ClFN3O2S. The van der Waals surface area contributed by atoms with E-state index in [0.717, 1.165) is 0 Å².